The lowest BCUT2D eigenvalue weighted by atomic mass is 10.2. The molecule has 9 nitrogen and oxygen atoms in total. The van der Waals surface area contributed by atoms with Gasteiger partial charge in [0.25, 0.3) is 5.91 Å². The summed E-state index contributed by atoms with van der Waals surface area (Å²) in [7, 11) is -1.80. The van der Waals surface area contributed by atoms with Crippen molar-refractivity contribution in [1.29, 1.82) is 0 Å². The highest BCUT2D eigenvalue weighted by Gasteiger charge is 2.16. The number of rotatable bonds is 9. The number of alkyl halides is 2. The molecule has 0 fully saturated rings. The number of hydrogen-bond donors (Lipinski definition) is 1. The fourth-order valence-electron chi connectivity index (χ4n) is 2.58. The number of hydrogen-bond acceptors (Lipinski definition) is 7. The molecule has 170 valence electrons. The Morgan fingerprint density at radius 2 is 1.84 bits per heavy atom. The molecule has 0 radical (unpaired) electrons. The molecule has 0 aliphatic heterocycles. The largest absolute Gasteiger partial charge is 0.485 e. The Labute approximate surface area is 182 Å². The second-order valence-corrected chi connectivity index (χ2v) is 8.74. The maximum atomic E-state index is 12.9. The van der Waals surface area contributed by atoms with Crippen LogP contribution in [0.1, 0.15) is 10.4 Å². The summed E-state index contributed by atoms with van der Waals surface area (Å²) in [6.45, 7) is -2.12. The first-order valence-corrected chi connectivity index (χ1v) is 11.2. The average molecular weight is 466 g/mol. The van der Waals surface area contributed by atoms with Crippen LogP contribution in [-0.2, 0) is 16.9 Å². The van der Waals surface area contributed by atoms with Crippen LogP contribution in [0.4, 0.5) is 14.6 Å². The van der Waals surface area contributed by atoms with E-state index in [9.17, 15) is 22.0 Å². The van der Waals surface area contributed by atoms with Crippen molar-refractivity contribution in [2.75, 3.05) is 24.9 Å². The third kappa shape index (κ3) is 6.00. The van der Waals surface area contributed by atoms with Crippen LogP contribution in [0.15, 0.2) is 53.8 Å². The van der Waals surface area contributed by atoms with Gasteiger partial charge in [0.1, 0.15) is 30.6 Å². The lowest BCUT2D eigenvalue weighted by Gasteiger charge is -2.15. The average Bonchev–Trinajstić information content (AvgIpc) is 3.16. The highest BCUT2D eigenvalue weighted by atomic mass is 32.2. The van der Waals surface area contributed by atoms with E-state index in [0.717, 1.165) is 6.26 Å². The maximum Gasteiger partial charge on any atom is 0.257 e. The van der Waals surface area contributed by atoms with Gasteiger partial charge < -0.3 is 14.8 Å². The van der Waals surface area contributed by atoms with Crippen LogP contribution in [0.5, 0.6) is 17.2 Å². The smallest absolute Gasteiger partial charge is 0.257 e. The number of pyridine rings is 1. The van der Waals surface area contributed by atoms with Gasteiger partial charge in [0, 0.05) is 37.2 Å². The van der Waals surface area contributed by atoms with Crippen LogP contribution in [0.3, 0.4) is 0 Å². The van der Waals surface area contributed by atoms with Crippen molar-refractivity contribution in [3.63, 3.8) is 0 Å². The number of halogens is 2. The summed E-state index contributed by atoms with van der Waals surface area (Å²) in [5.74, 6) is 0.0470. The summed E-state index contributed by atoms with van der Waals surface area (Å²) in [6, 6.07) is 8.29. The van der Waals surface area contributed by atoms with Gasteiger partial charge in [-0.2, -0.15) is 5.10 Å². The Morgan fingerprint density at radius 3 is 2.41 bits per heavy atom. The second kappa shape index (κ2) is 9.73. The number of anilines is 1. The molecule has 0 unspecified atom stereocenters. The summed E-state index contributed by atoms with van der Waals surface area (Å²) in [4.78, 5) is 16.5. The van der Waals surface area contributed by atoms with Crippen molar-refractivity contribution >= 4 is 21.6 Å². The van der Waals surface area contributed by atoms with Gasteiger partial charge in [-0.15, -0.1) is 0 Å². The molecule has 2 heterocycles. The first-order valence-electron chi connectivity index (χ1n) is 9.26. The number of nitrogens with one attached hydrogen (secondary N) is 1. The number of benzene rings is 1. The molecule has 3 aromatic rings. The molecule has 0 saturated heterocycles. The zero-order valence-electron chi connectivity index (χ0n) is 17.2. The molecule has 0 aliphatic rings. The molecule has 1 amide bonds. The Morgan fingerprint density at radius 1 is 1.12 bits per heavy atom. The lowest BCUT2D eigenvalue weighted by Crippen LogP contribution is -2.21. The van der Waals surface area contributed by atoms with Gasteiger partial charge in [-0.1, -0.05) is 0 Å². The van der Waals surface area contributed by atoms with Crippen molar-refractivity contribution in [2.24, 2.45) is 7.05 Å². The van der Waals surface area contributed by atoms with Crippen molar-refractivity contribution in [3.8, 4) is 17.2 Å². The van der Waals surface area contributed by atoms with Crippen molar-refractivity contribution in [1.82, 2.24) is 14.8 Å². The van der Waals surface area contributed by atoms with E-state index in [0.29, 0.717) is 5.82 Å². The molecule has 0 saturated carbocycles. The Kier molecular flexibility index (Phi) is 7.03. The zero-order valence-corrected chi connectivity index (χ0v) is 18.0. The standard InChI is InChI=1S/C20H20F2N4O5S/c1-26-6-5-18(25-26)24-20(27)13-7-15(9-16(8-13)31-17(10-21)11-22)30-14-3-4-19(23-12-14)32(2,28)29/h3-9,12,17H,10-11H2,1-2H3,(H,24,25,27). The van der Waals surface area contributed by atoms with Gasteiger partial charge in [0.05, 0.1) is 6.20 Å². The maximum absolute atomic E-state index is 12.9. The molecular weight excluding hydrogens is 446 g/mol. The summed E-state index contributed by atoms with van der Waals surface area (Å²) in [6.07, 6.45) is 2.52. The minimum atomic E-state index is -3.48. The van der Waals surface area contributed by atoms with E-state index < -0.39 is 35.2 Å². The molecule has 0 atom stereocenters. The van der Waals surface area contributed by atoms with Crippen molar-refractivity contribution in [2.45, 2.75) is 11.1 Å². The minimum Gasteiger partial charge on any atom is -0.485 e. The van der Waals surface area contributed by atoms with Gasteiger partial charge >= 0.3 is 0 Å². The normalized spacial score (nSPS) is 11.4. The molecule has 2 aromatic heterocycles. The second-order valence-electron chi connectivity index (χ2n) is 6.78. The number of nitrogens with zero attached hydrogens (tertiary/aromatic N) is 3. The van der Waals surface area contributed by atoms with E-state index in [1.165, 1.54) is 41.2 Å². The quantitative estimate of drug-likeness (QED) is 0.516. The van der Waals surface area contributed by atoms with Crippen LogP contribution in [0.25, 0.3) is 0 Å². The third-order valence-electron chi connectivity index (χ3n) is 4.07. The predicted molar refractivity (Wildman–Crippen MR) is 111 cm³/mol. The lowest BCUT2D eigenvalue weighted by molar-refractivity contribution is 0.102. The number of ether oxygens (including phenoxy) is 2. The Balaban J connectivity index is 1.89. The topological polar surface area (TPSA) is 112 Å². The number of sulfone groups is 1. The van der Waals surface area contributed by atoms with E-state index >= 15 is 0 Å². The van der Waals surface area contributed by atoms with Crippen molar-refractivity contribution < 1.29 is 31.5 Å². The molecular formula is C20H20F2N4O5S. The summed E-state index contributed by atoms with van der Waals surface area (Å²) in [5, 5.41) is 6.52. The summed E-state index contributed by atoms with van der Waals surface area (Å²) in [5.41, 5.74) is 0.0836. The molecule has 1 aromatic carbocycles. The Bertz CT molecular complexity index is 1190. The van der Waals surface area contributed by atoms with Crippen LogP contribution in [-0.4, -0.2) is 54.8 Å². The number of carbonyl (C=O) groups is 1. The molecule has 0 spiro atoms. The number of amides is 1. The minimum absolute atomic E-state index is 0.00897. The molecule has 1 N–H and O–H groups in total. The van der Waals surface area contributed by atoms with Crippen LogP contribution < -0.4 is 14.8 Å². The van der Waals surface area contributed by atoms with Gasteiger partial charge in [0.15, 0.2) is 26.8 Å². The SMILES string of the molecule is Cn1ccc(NC(=O)c2cc(Oc3ccc(S(C)(=O)=O)nc3)cc(OC(CF)CF)c2)n1. The molecule has 32 heavy (non-hydrogen) atoms. The van der Waals surface area contributed by atoms with Gasteiger partial charge in [-0.3, -0.25) is 9.48 Å². The number of aryl methyl sites for hydroxylation is 1. The third-order valence-corrected chi connectivity index (χ3v) is 5.07. The van der Waals surface area contributed by atoms with Gasteiger partial charge in [-0.05, 0) is 24.3 Å². The zero-order chi connectivity index (χ0) is 23.3. The van der Waals surface area contributed by atoms with Crippen LogP contribution in [0.2, 0.25) is 0 Å². The number of aromatic nitrogens is 3. The first kappa shape index (κ1) is 23.1. The highest BCUT2D eigenvalue weighted by molar-refractivity contribution is 7.90. The molecule has 12 heteroatoms. The molecule has 0 aliphatic carbocycles. The summed E-state index contributed by atoms with van der Waals surface area (Å²) >= 11 is 0. The monoisotopic (exact) mass is 466 g/mol. The number of carbonyl (C=O) groups excluding carboxylic acids is 1. The molecule has 3 rings (SSSR count). The fraction of sp³-hybridized carbons (Fsp3) is 0.250. The van der Waals surface area contributed by atoms with Gasteiger partial charge in [-0.25, -0.2) is 22.2 Å². The van der Waals surface area contributed by atoms with Crippen molar-refractivity contribution in [3.05, 3.63) is 54.4 Å². The van der Waals surface area contributed by atoms with E-state index in [4.69, 9.17) is 9.47 Å². The Hall–Kier alpha value is -3.54. The summed E-state index contributed by atoms with van der Waals surface area (Å²) < 4.78 is 61.4. The first-order chi connectivity index (χ1) is 15.2. The van der Waals surface area contributed by atoms with E-state index in [2.05, 4.69) is 15.4 Å². The fourth-order valence-corrected chi connectivity index (χ4v) is 3.14. The van der Waals surface area contributed by atoms with E-state index in [1.54, 1.807) is 19.3 Å². The van der Waals surface area contributed by atoms with E-state index in [-0.39, 0.29) is 27.8 Å². The van der Waals surface area contributed by atoms with Crippen LogP contribution in [0, 0.1) is 0 Å². The van der Waals surface area contributed by atoms with E-state index in [1.807, 2.05) is 0 Å². The molecule has 0 bridgehead atoms. The predicted octanol–water partition coefficient (Wildman–Crippen LogP) is 2.95. The highest BCUT2D eigenvalue weighted by Crippen LogP contribution is 2.29. The van der Waals surface area contributed by atoms with Crippen LogP contribution >= 0.6 is 0 Å². The van der Waals surface area contributed by atoms with Gasteiger partial charge in [0.2, 0.25) is 0 Å².